The molecule has 0 N–H and O–H groups in total. The van der Waals surface area contributed by atoms with E-state index < -0.39 is 57.4 Å². The van der Waals surface area contributed by atoms with E-state index in [4.69, 9.17) is 13.3 Å². The van der Waals surface area contributed by atoms with Crippen LogP contribution in [0.2, 0.25) is 6.04 Å². The van der Waals surface area contributed by atoms with E-state index in [9.17, 15) is 52.7 Å². The van der Waals surface area contributed by atoms with Crippen LogP contribution in [0.15, 0.2) is 0 Å². The van der Waals surface area contributed by atoms with Crippen molar-refractivity contribution < 1.29 is 66.0 Å². The van der Waals surface area contributed by atoms with Crippen LogP contribution in [0.5, 0.6) is 0 Å². The van der Waals surface area contributed by atoms with Gasteiger partial charge in [-0.05, 0) is 20.8 Å². The molecule has 0 spiro atoms. The fraction of sp³-hybridized carbons (Fsp3) is 1.00. The Labute approximate surface area is 177 Å². The van der Waals surface area contributed by atoms with Crippen LogP contribution in [-0.4, -0.2) is 64.2 Å². The Hall–Kier alpha value is -0.743. The molecule has 0 saturated carbocycles. The molecule has 0 amide bonds. The van der Waals surface area contributed by atoms with Gasteiger partial charge in [0.2, 0.25) is 0 Å². The van der Waals surface area contributed by atoms with Crippen molar-refractivity contribution >= 4 is 8.80 Å². The van der Waals surface area contributed by atoms with Gasteiger partial charge in [-0.1, -0.05) is 13.3 Å². The van der Waals surface area contributed by atoms with E-state index >= 15 is 0 Å². The average Bonchev–Trinajstić information content (AvgIpc) is 2.60. The van der Waals surface area contributed by atoms with Crippen molar-refractivity contribution in [1.82, 2.24) is 0 Å². The first-order chi connectivity index (χ1) is 14.2. The van der Waals surface area contributed by atoms with Gasteiger partial charge in [0.05, 0.1) is 6.42 Å². The number of alkyl halides is 12. The lowest BCUT2D eigenvalue weighted by Gasteiger charge is -2.41. The molecule has 0 aliphatic rings. The maximum absolute atomic E-state index is 14.4. The molecule has 32 heavy (non-hydrogen) atoms. The fourth-order valence-corrected chi connectivity index (χ4v) is 5.41. The molecular formula is C16H24F12O3Si. The highest BCUT2D eigenvalue weighted by atomic mass is 28.4. The second kappa shape index (κ2) is 10.7. The van der Waals surface area contributed by atoms with Gasteiger partial charge in [0.15, 0.2) is 6.17 Å². The summed E-state index contributed by atoms with van der Waals surface area (Å²) in [6.07, 6.45) is -17.1. The molecule has 0 rings (SSSR count). The standard InChI is InChI=1S/C16H24F12O3Si/c1-5-8-32(29-6-2,30-7-3)31-10(4)13(21,22)15(25,26)16(27,28)14(23,24)11(17)9-12(18,19)20/h10-11H,5-9H2,1-4H3. The van der Waals surface area contributed by atoms with Crippen LogP contribution in [0.3, 0.4) is 0 Å². The first kappa shape index (κ1) is 31.3. The second-order valence-electron chi connectivity index (χ2n) is 6.74. The number of hydrogen-bond donors (Lipinski definition) is 0. The van der Waals surface area contributed by atoms with Crippen molar-refractivity contribution in [3.05, 3.63) is 0 Å². The maximum atomic E-state index is 14.4. The van der Waals surface area contributed by atoms with Crippen LogP contribution < -0.4 is 0 Å². The van der Waals surface area contributed by atoms with Crippen molar-refractivity contribution in [2.24, 2.45) is 0 Å². The van der Waals surface area contributed by atoms with E-state index in [1.165, 1.54) is 20.8 Å². The number of hydrogen-bond acceptors (Lipinski definition) is 3. The Kier molecular flexibility index (Phi) is 10.4. The Balaban J connectivity index is 6.13. The summed E-state index contributed by atoms with van der Waals surface area (Å²) in [6.45, 7) is 3.91. The molecule has 16 heteroatoms. The summed E-state index contributed by atoms with van der Waals surface area (Å²) < 4.78 is 176. The molecule has 0 aromatic heterocycles. The van der Waals surface area contributed by atoms with Gasteiger partial charge in [-0.2, -0.15) is 48.3 Å². The van der Waals surface area contributed by atoms with Crippen molar-refractivity contribution in [2.45, 2.75) is 88.7 Å². The summed E-state index contributed by atoms with van der Waals surface area (Å²) >= 11 is 0. The largest absolute Gasteiger partial charge is 0.501 e. The van der Waals surface area contributed by atoms with Gasteiger partial charge in [0.25, 0.3) is 0 Å². The van der Waals surface area contributed by atoms with E-state index in [0.717, 1.165) is 0 Å². The lowest BCUT2D eigenvalue weighted by molar-refractivity contribution is -0.388. The molecule has 0 heterocycles. The third-order valence-electron chi connectivity index (χ3n) is 4.19. The highest BCUT2D eigenvalue weighted by molar-refractivity contribution is 6.60. The molecule has 0 radical (unpaired) electrons. The van der Waals surface area contributed by atoms with Crippen LogP contribution in [0.4, 0.5) is 52.7 Å². The normalized spacial score (nSPS) is 16.9. The van der Waals surface area contributed by atoms with E-state index in [0.29, 0.717) is 0 Å². The molecule has 0 aliphatic carbocycles. The molecular weight excluding hydrogens is 496 g/mol. The predicted octanol–water partition coefficient (Wildman–Crippen LogP) is 6.65. The Morgan fingerprint density at radius 3 is 1.47 bits per heavy atom. The molecule has 0 aromatic rings. The molecule has 0 bridgehead atoms. The molecule has 0 fully saturated rings. The van der Waals surface area contributed by atoms with Gasteiger partial charge in [-0.3, -0.25) is 0 Å². The zero-order valence-electron chi connectivity index (χ0n) is 17.5. The smallest absolute Gasteiger partial charge is 0.374 e. The zero-order chi connectivity index (χ0) is 25.8. The van der Waals surface area contributed by atoms with Crippen LogP contribution in [0.1, 0.15) is 40.5 Å². The van der Waals surface area contributed by atoms with Gasteiger partial charge in [0, 0.05) is 19.3 Å². The van der Waals surface area contributed by atoms with Gasteiger partial charge < -0.3 is 13.3 Å². The molecule has 0 aliphatic heterocycles. The first-order valence-electron chi connectivity index (χ1n) is 9.36. The maximum Gasteiger partial charge on any atom is 0.501 e. The monoisotopic (exact) mass is 520 g/mol. The topological polar surface area (TPSA) is 27.7 Å². The lowest BCUT2D eigenvalue weighted by atomic mass is 9.92. The first-order valence-corrected chi connectivity index (χ1v) is 11.3. The minimum atomic E-state index is -7.22. The predicted molar refractivity (Wildman–Crippen MR) is 90.0 cm³/mol. The van der Waals surface area contributed by atoms with Crippen LogP contribution in [0, 0.1) is 0 Å². The summed E-state index contributed by atoms with van der Waals surface area (Å²) in [5.74, 6) is -27.1. The third-order valence-corrected chi connectivity index (χ3v) is 7.47. The summed E-state index contributed by atoms with van der Waals surface area (Å²) in [5.41, 5.74) is 0. The van der Waals surface area contributed by atoms with Crippen molar-refractivity contribution in [2.75, 3.05) is 13.2 Å². The number of halogens is 12. The van der Waals surface area contributed by atoms with Crippen molar-refractivity contribution in [1.29, 1.82) is 0 Å². The summed E-state index contributed by atoms with van der Waals surface area (Å²) in [4.78, 5) is 0. The van der Waals surface area contributed by atoms with Crippen molar-refractivity contribution in [3.63, 3.8) is 0 Å². The van der Waals surface area contributed by atoms with E-state index in [1.54, 1.807) is 0 Å². The third kappa shape index (κ3) is 6.43. The highest BCUT2D eigenvalue weighted by Crippen LogP contribution is 2.56. The van der Waals surface area contributed by atoms with Crippen molar-refractivity contribution in [3.8, 4) is 0 Å². The molecule has 194 valence electrons. The summed E-state index contributed by atoms with van der Waals surface area (Å²) in [7, 11) is -4.17. The Morgan fingerprint density at radius 1 is 0.719 bits per heavy atom. The van der Waals surface area contributed by atoms with Gasteiger partial charge in [-0.25, -0.2) is 4.39 Å². The second-order valence-corrected chi connectivity index (χ2v) is 9.42. The summed E-state index contributed by atoms with van der Waals surface area (Å²) in [6, 6.07) is -0.231. The average molecular weight is 520 g/mol. The SMILES string of the molecule is CCC[Si](OCC)(OCC)OC(C)C(F)(F)C(F)(F)C(F)(F)C(F)(F)C(F)CC(F)(F)F. The van der Waals surface area contributed by atoms with E-state index in [1.807, 2.05) is 0 Å². The number of rotatable bonds is 14. The highest BCUT2D eigenvalue weighted by Gasteiger charge is 2.83. The van der Waals surface area contributed by atoms with E-state index in [-0.39, 0.29) is 32.6 Å². The van der Waals surface area contributed by atoms with Gasteiger partial charge >= 0.3 is 38.7 Å². The molecule has 0 aromatic carbocycles. The molecule has 2 unspecified atom stereocenters. The molecule has 2 atom stereocenters. The zero-order valence-corrected chi connectivity index (χ0v) is 18.5. The Morgan fingerprint density at radius 2 is 1.12 bits per heavy atom. The minimum Gasteiger partial charge on any atom is -0.374 e. The quantitative estimate of drug-likeness (QED) is 0.190. The summed E-state index contributed by atoms with van der Waals surface area (Å²) in [5, 5.41) is 0. The Bertz CT molecular complexity index is 568. The van der Waals surface area contributed by atoms with Crippen LogP contribution in [-0.2, 0) is 13.3 Å². The van der Waals surface area contributed by atoms with E-state index in [2.05, 4.69) is 0 Å². The van der Waals surface area contributed by atoms with Gasteiger partial charge in [-0.15, -0.1) is 0 Å². The van der Waals surface area contributed by atoms with Crippen LogP contribution >= 0.6 is 0 Å². The van der Waals surface area contributed by atoms with Gasteiger partial charge in [0.1, 0.15) is 6.10 Å². The molecule has 0 saturated heterocycles. The minimum absolute atomic E-state index is 0.149. The fourth-order valence-electron chi connectivity index (χ4n) is 2.60. The lowest BCUT2D eigenvalue weighted by Crippen LogP contribution is -2.68. The van der Waals surface area contributed by atoms with Crippen LogP contribution in [0.25, 0.3) is 0 Å². The molecule has 3 nitrogen and oxygen atoms in total.